The molecular formula is C12H25N3O2. The van der Waals surface area contributed by atoms with Crippen molar-refractivity contribution >= 4 is 11.8 Å². The van der Waals surface area contributed by atoms with Crippen LogP contribution in [0.25, 0.3) is 0 Å². The lowest BCUT2D eigenvalue weighted by Crippen LogP contribution is -2.49. The van der Waals surface area contributed by atoms with Gasteiger partial charge in [-0.3, -0.25) is 9.59 Å². The second-order valence-electron chi connectivity index (χ2n) is 4.61. The van der Waals surface area contributed by atoms with Crippen LogP contribution in [0.2, 0.25) is 0 Å². The third-order valence-electron chi connectivity index (χ3n) is 2.48. The van der Waals surface area contributed by atoms with Crippen LogP contribution in [0.5, 0.6) is 0 Å². The largest absolute Gasteiger partial charge is 0.352 e. The van der Waals surface area contributed by atoms with Crippen molar-refractivity contribution in [3.8, 4) is 0 Å². The monoisotopic (exact) mass is 243 g/mol. The van der Waals surface area contributed by atoms with E-state index in [1.807, 2.05) is 20.8 Å². The van der Waals surface area contributed by atoms with Gasteiger partial charge in [-0.1, -0.05) is 13.3 Å². The highest BCUT2D eigenvalue weighted by molar-refractivity contribution is 5.88. The van der Waals surface area contributed by atoms with Crippen LogP contribution < -0.4 is 16.4 Å². The van der Waals surface area contributed by atoms with Gasteiger partial charge in [-0.05, 0) is 27.2 Å². The summed E-state index contributed by atoms with van der Waals surface area (Å²) < 4.78 is 0. The van der Waals surface area contributed by atoms with Gasteiger partial charge in [-0.2, -0.15) is 0 Å². The molecule has 0 rings (SSSR count). The molecule has 17 heavy (non-hydrogen) atoms. The minimum atomic E-state index is -0.518. The van der Waals surface area contributed by atoms with E-state index in [1.165, 1.54) is 0 Å². The van der Waals surface area contributed by atoms with Crippen LogP contribution in [0.3, 0.4) is 0 Å². The number of nitrogens with one attached hydrogen (secondary N) is 2. The Morgan fingerprint density at radius 2 is 1.71 bits per heavy atom. The maximum absolute atomic E-state index is 11.8. The zero-order chi connectivity index (χ0) is 13.4. The zero-order valence-electron chi connectivity index (χ0n) is 11.2. The van der Waals surface area contributed by atoms with E-state index in [2.05, 4.69) is 10.6 Å². The fraction of sp³-hybridized carbons (Fsp3) is 0.833. The molecule has 2 amide bonds. The van der Waals surface area contributed by atoms with Gasteiger partial charge in [-0.15, -0.1) is 0 Å². The quantitative estimate of drug-likeness (QED) is 0.605. The van der Waals surface area contributed by atoms with Gasteiger partial charge in [-0.25, -0.2) is 0 Å². The van der Waals surface area contributed by atoms with Gasteiger partial charge in [0.15, 0.2) is 0 Å². The molecule has 0 saturated carbocycles. The lowest BCUT2D eigenvalue weighted by Gasteiger charge is -2.19. The van der Waals surface area contributed by atoms with Gasteiger partial charge in [0, 0.05) is 12.6 Å². The fourth-order valence-electron chi connectivity index (χ4n) is 1.51. The molecule has 0 fully saturated rings. The predicted octanol–water partition coefficient (Wildman–Crippen LogP) is 0.391. The Labute approximate surface area is 104 Å². The lowest BCUT2D eigenvalue weighted by molar-refractivity contribution is -0.131. The molecule has 2 atom stereocenters. The molecule has 5 nitrogen and oxygen atoms in total. The third-order valence-corrected chi connectivity index (χ3v) is 2.48. The van der Waals surface area contributed by atoms with Crippen LogP contribution in [-0.2, 0) is 9.59 Å². The summed E-state index contributed by atoms with van der Waals surface area (Å²) in [6.07, 6.45) is 1.66. The minimum absolute atomic E-state index is 0.0720. The summed E-state index contributed by atoms with van der Waals surface area (Å²) in [4.78, 5) is 23.4. The second-order valence-corrected chi connectivity index (χ2v) is 4.61. The zero-order valence-corrected chi connectivity index (χ0v) is 11.2. The molecule has 0 saturated heterocycles. The molecule has 100 valence electrons. The van der Waals surface area contributed by atoms with Crippen molar-refractivity contribution in [3.05, 3.63) is 0 Å². The fourth-order valence-corrected chi connectivity index (χ4v) is 1.51. The van der Waals surface area contributed by atoms with E-state index < -0.39 is 6.04 Å². The molecule has 0 aliphatic rings. The van der Waals surface area contributed by atoms with Crippen LogP contribution in [0, 0.1) is 5.92 Å². The summed E-state index contributed by atoms with van der Waals surface area (Å²) in [7, 11) is 0. The van der Waals surface area contributed by atoms with Gasteiger partial charge in [0.05, 0.1) is 5.92 Å². The summed E-state index contributed by atoms with van der Waals surface area (Å²) in [5.41, 5.74) is 5.53. The van der Waals surface area contributed by atoms with E-state index in [0.29, 0.717) is 6.54 Å². The Kier molecular flexibility index (Phi) is 7.54. The summed E-state index contributed by atoms with van der Waals surface area (Å²) in [5, 5.41) is 5.44. The summed E-state index contributed by atoms with van der Waals surface area (Å²) in [6, 6.07) is -0.446. The van der Waals surface area contributed by atoms with E-state index in [9.17, 15) is 9.59 Å². The molecule has 0 aromatic heterocycles. The number of rotatable bonds is 7. The van der Waals surface area contributed by atoms with E-state index in [1.54, 1.807) is 6.92 Å². The summed E-state index contributed by atoms with van der Waals surface area (Å²) in [6.45, 7) is 7.76. The van der Waals surface area contributed by atoms with E-state index in [0.717, 1.165) is 12.8 Å². The van der Waals surface area contributed by atoms with Gasteiger partial charge in [0.25, 0.3) is 0 Å². The Bertz CT molecular complexity index is 254. The molecule has 0 aliphatic carbocycles. The summed E-state index contributed by atoms with van der Waals surface area (Å²) >= 11 is 0. The topological polar surface area (TPSA) is 84.2 Å². The number of carbonyl (C=O) groups excluding carboxylic acids is 2. The highest BCUT2D eigenvalue weighted by Crippen LogP contribution is 2.04. The second kappa shape index (κ2) is 8.06. The SMILES string of the molecule is CCCC(CN)C(=O)NC(C)C(=O)NC(C)C. The first-order valence-corrected chi connectivity index (χ1v) is 6.23. The van der Waals surface area contributed by atoms with Gasteiger partial charge < -0.3 is 16.4 Å². The molecule has 0 aromatic carbocycles. The molecule has 0 bridgehead atoms. The minimum Gasteiger partial charge on any atom is -0.352 e. The number of nitrogens with two attached hydrogens (primary N) is 1. The molecule has 4 N–H and O–H groups in total. The van der Waals surface area contributed by atoms with Crippen molar-refractivity contribution in [1.29, 1.82) is 0 Å². The molecule has 0 aromatic rings. The molecule has 0 aliphatic heterocycles. The first-order valence-electron chi connectivity index (χ1n) is 6.23. The number of amides is 2. The van der Waals surface area contributed by atoms with Crippen LogP contribution in [-0.4, -0.2) is 30.4 Å². The normalized spacial score (nSPS) is 14.2. The molecule has 2 unspecified atom stereocenters. The highest BCUT2D eigenvalue weighted by atomic mass is 16.2. The average Bonchev–Trinajstić information content (AvgIpc) is 2.24. The van der Waals surface area contributed by atoms with Gasteiger partial charge in [0.1, 0.15) is 6.04 Å². The van der Waals surface area contributed by atoms with Crippen molar-refractivity contribution in [1.82, 2.24) is 10.6 Å². The van der Waals surface area contributed by atoms with Crippen molar-refractivity contribution in [3.63, 3.8) is 0 Å². The van der Waals surface area contributed by atoms with Crippen molar-refractivity contribution in [2.45, 2.75) is 52.6 Å². The molecule has 0 radical (unpaired) electrons. The maximum atomic E-state index is 11.8. The van der Waals surface area contributed by atoms with Gasteiger partial charge >= 0.3 is 0 Å². The van der Waals surface area contributed by atoms with Crippen molar-refractivity contribution in [2.24, 2.45) is 11.7 Å². The van der Waals surface area contributed by atoms with Crippen molar-refractivity contribution in [2.75, 3.05) is 6.54 Å². The smallest absolute Gasteiger partial charge is 0.242 e. The van der Waals surface area contributed by atoms with Crippen molar-refractivity contribution < 1.29 is 9.59 Å². The van der Waals surface area contributed by atoms with Crippen LogP contribution in [0.15, 0.2) is 0 Å². The van der Waals surface area contributed by atoms with Gasteiger partial charge in [0.2, 0.25) is 11.8 Å². The lowest BCUT2D eigenvalue weighted by atomic mass is 10.0. The molecule has 0 heterocycles. The number of hydrogen-bond donors (Lipinski definition) is 3. The first-order chi connectivity index (χ1) is 7.92. The third kappa shape index (κ3) is 6.26. The van der Waals surface area contributed by atoms with E-state index in [4.69, 9.17) is 5.73 Å². The Hall–Kier alpha value is -1.10. The molecular weight excluding hydrogens is 218 g/mol. The number of hydrogen-bond acceptors (Lipinski definition) is 3. The van der Waals surface area contributed by atoms with Crippen LogP contribution in [0.4, 0.5) is 0 Å². The Morgan fingerprint density at radius 1 is 1.12 bits per heavy atom. The Morgan fingerprint density at radius 3 is 2.12 bits per heavy atom. The van der Waals surface area contributed by atoms with Crippen LogP contribution >= 0.6 is 0 Å². The first kappa shape index (κ1) is 15.9. The summed E-state index contributed by atoms with van der Waals surface area (Å²) in [5.74, 6) is -0.504. The number of carbonyl (C=O) groups is 2. The highest BCUT2D eigenvalue weighted by Gasteiger charge is 2.21. The standard InChI is InChI=1S/C12H25N3O2/c1-5-6-10(7-13)12(17)15-9(4)11(16)14-8(2)3/h8-10H,5-7,13H2,1-4H3,(H,14,16)(H,15,17). The molecule has 0 spiro atoms. The average molecular weight is 243 g/mol. The maximum Gasteiger partial charge on any atom is 0.242 e. The Balaban J connectivity index is 4.22. The predicted molar refractivity (Wildman–Crippen MR) is 68.3 cm³/mol. The van der Waals surface area contributed by atoms with Crippen LogP contribution in [0.1, 0.15) is 40.5 Å². The molecule has 5 heteroatoms. The van der Waals surface area contributed by atoms with E-state index >= 15 is 0 Å². The van der Waals surface area contributed by atoms with E-state index in [-0.39, 0.29) is 23.8 Å².